The normalized spacial score (nSPS) is 12.5. The molecule has 0 fully saturated rings. The molecule has 0 N–H and O–H groups in total. The van der Waals surface area contributed by atoms with Gasteiger partial charge in [0.15, 0.2) is 0 Å². The number of benzene rings is 2. The van der Waals surface area contributed by atoms with Crippen LogP contribution in [0.3, 0.4) is 0 Å². The molecule has 4 heteroatoms. The lowest BCUT2D eigenvalue weighted by atomic mass is 10.0. The van der Waals surface area contributed by atoms with Crippen molar-refractivity contribution in [2.45, 2.75) is 4.83 Å². The largest absolute Gasteiger partial charge is 0.207 e. The van der Waals surface area contributed by atoms with Gasteiger partial charge in [-0.25, -0.2) is 13.2 Å². The summed E-state index contributed by atoms with van der Waals surface area (Å²) in [6.45, 7) is 0. The molecule has 2 aromatic rings. The molecular formula is C13H8BrF3. The standard InChI is InChI=1S/C13H8BrF3/c14-13(8-2-1-3-9(15)6-8)11-7-10(16)4-5-12(11)17/h1-7,13H. The second-order valence-corrected chi connectivity index (χ2v) is 4.50. The Bertz CT molecular complexity index is 540. The van der Waals surface area contributed by atoms with E-state index in [4.69, 9.17) is 0 Å². The second-order valence-electron chi connectivity index (χ2n) is 3.58. The molecule has 0 aromatic heterocycles. The summed E-state index contributed by atoms with van der Waals surface area (Å²) < 4.78 is 39.6. The predicted molar refractivity (Wildman–Crippen MR) is 63.5 cm³/mol. The molecule has 2 aromatic carbocycles. The third kappa shape index (κ3) is 2.69. The Balaban J connectivity index is 2.43. The van der Waals surface area contributed by atoms with Crippen molar-refractivity contribution in [1.29, 1.82) is 0 Å². The van der Waals surface area contributed by atoms with E-state index in [0.717, 1.165) is 18.2 Å². The molecule has 0 aliphatic rings. The Morgan fingerprint density at radius 3 is 2.29 bits per heavy atom. The fourth-order valence-electron chi connectivity index (χ4n) is 1.55. The van der Waals surface area contributed by atoms with Crippen LogP contribution in [0.1, 0.15) is 16.0 Å². The van der Waals surface area contributed by atoms with E-state index in [2.05, 4.69) is 15.9 Å². The maximum atomic E-state index is 13.5. The molecule has 17 heavy (non-hydrogen) atoms. The Labute approximate surface area is 105 Å². The quantitative estimate of drug-likeness (QED) is 0.712. The van der Waals surface area contributed by atoms with Crippen molar-refractivity contribution >= 4 is 15.9 Å². The highest BCUT2D eigenvalue weighted by atomic mass is 79.9. The van der Waals surface area contributed by atoms with Crippen LogP contribution in [-0.4, -0.2) is 0 Å². The third-order valence-corrected chi connectivity index (χ3v) is 3.39. The van der Waals surface area contributed by atoms with Gasteiger partial charge in [0.25, 0.3) is 0 Å². The smallest absolute Gasteiger partial charge is 0.128 e. The van der Waals surface area contributed by atoms with Crippen molar-refractivity contribution < 1.29 is 13.2 Å². The van der Waals surface area contributed by atoms with Gasteiger partial charge in [0.05, 0.1) is 4.83 Å². The molecule has 0 nitrogen and oxygen atoms in total. The summed E-state index contributed by atoms with van der Waals surface area (Å²) >= 11 is 3.24. The predicted octanol–water partition coefficient (Wildman–Crippen LogP) is 4.59. The zero-order chi connectivity index (χ0) is 12.4. The maximum absolute atomic E-state index is 13.5. The average Bonchev–Trinajstić information content (AvgIpc) is 2.31. The maximum Gasteiger partial charge on any atom is 0.128 e. The minimum Gasteiger partial charge on any atom is -0.207 e. The monoisotopic (exact) mass is 300 g/mol. The van der Waals surface area contributed by atoms with E-state index < -0.39 is 22.3 Å². The molecule has 1 atom stereocenters. The molecule has 1 unspecified atom stereocenters. The Morgan fingerprint density at radius 2 is 1.59 bits per heavy atom. The summed E-state index contributed by atoms with van der Waals surface area (Å²) in [5.41, 5.74) is 0.685. The van der Waals surface area contributed by atoms with Gasteiger partial charge in [-0.1, -0.05) is 28.1 Å². The molecule has 0 radical (unpaired) electrons. The first-order chi connectivity index (χ1) is 8.08. The van der Waals surface area contributed by atoms with Crippen LogP contribution in [0.4, 0.5) is 13.2 Å². The van der Waals surface area contributed by atoms with Gasteiger partial charge in [-0.05, 0) is 35.9 Å². The molecule has 2 rings (SSSR count). The van der Waals surface area contributed by atoms with Crippen LogP contribution in [-0.2, 0) is 0 Å². The first-order valence-corrected chi connectivity index (χ1v) is 5.84. The third-order valence-electron chi connectivity index (χ3n) is 2.37. The number of hydrogen-bond donors (Lipinski definition) is 0. The molecule has 0 heterocycles. The van der Waals surface area contributed by atoms with E-state index >= 15 is 0 Å². The second kappa shape index (κ2) is 4.92. The fraction of sp³-hybridized carbons (Fsp3) is 0.0769. The molecule has 0 aliphatic heterocycles. The first kappa shape index (κ1) is 12.2. The Morgan fingerprint density at radius 1 is 0.882 bits per heavy atom. The summed E-state index contributed by atoms with van der Waals surface area (Å²) in [6.07, 6.45) is 0. The van der Waals surface area contributed by atoms with Gasteiger partial charge >= 0.3 is 0 Å². The lowest BCUT2D eigenvalue weighted by Crippen LogP contribution is -1.98. The molecule has 0 spiro atoms. The number of alkyl halides is 1. The topological polar surface area (TPSA) is 0 Å². The molecule has 88 valence electrons. The summed E-state index contributed by atoms with van der Waals surface area (Å²) in [5, 5.41) is 0. The highest BCUT2D eigenvalue weighted by molar-refractivity contribution is 9.09. The lowest BCUT2D eigenvalue weighted by molar-refractivity contribution is 0.587. The molecule has 0 saturated heterocycles. The number of rotatable bonds is 2. The van der Waals surface area contributed by atoms with Crippen LogP contribution >= 0.6 is 15.9 Å². The minimum atomic E-state index is -0.575. The number of halogens is 4. The number of hydrogen-bond acceptors (Lipinski definition) is 0. The molecule has 0 saturated carbocycles. The SMILES string of the molecule is Fc1cccc(C(Br)c2cc(F)ccc2F)c1. The van der Waals surface area contributed by atoms with Crippen molar-refractivity contribution in [3.8, 4) is 0 Å². The average molecular weight is 301 g/mol. The summed E-state index contributed by atoms with van der Waals surface area (Å²) in [7, 11) is 0. The Hall–Kier alpha value is -1.29. The van der Waals surface area contributed by atoms with Crippen molar-refractivity contribution in [2.75, 3.05) is 0 Å². The molecule has 0 amide bonds. The van der Waals surface area contributed by atoms with E-state index in [-0.39, 0.29) is 5.56 Å². The van der Waals surface area contributed by atoms with E-state index in [0.29, 0.717) is 5.56 Å². The zero-order valence-electron chi connectivity index (χ0n) is 8.63. The van der Waals surface area contributed by atoms with Crippen molar-refractivity contribution in [2.24, 2.45) is 0 Å². The summed E-state index contributed by atoms with van der Waals surface area (Å²) in [6, 6.07) is 8.94. The summed E-state index contributed by atoms with van der Waals surface area (Å²) in [4.78, 5) is -0.575. The zero-order valence-corrected chi connectivity index (χ0v) is 10.2. The van der Waals surface area contributed by atoms with Crippen molar-refractivity contribution in [3.05, 3.63) is 71.0 Å². The molecule has 0 bridgehead atoms. The van der Waals surface area contributed by atoms with Crippen LogP contribution in [0.2, 0.25) is 0 Å². The summed E-state index contributed by atoms with van der Waals surface area (Å²) in [5.74, 6) is -1.47. The molecule has 0 aliphatic carbocycles. The highest BCUT2D eigenvalue weighted by Crippen LogP contribution is 2.32. The van der Waals surface area contributed by atoms with Gasteiger partial charge < -0.3 is 0 Å². The van der Waals surface area contributed by atoms with E-state index in [1.54, 1.807) is 6.07 Å². The van der Waals surface area contributed by atoms with Crippen LogP contribution in [0, 0.1) is 17.5 Å². The highest BCUT2D eigenvalue weighted by Gasteiger charge is 2.16. The van der Waals surface area contributed by atoms with Gasteiger partial charge in [0.2, 0.25) is 0 Å². The van der Waals surface area contributed by atoms with Gasteiger partial charge in [0.1, 0.15) is 17.5 Å². The van der Waals surface area contributed by atoms with Crippen LogP contribution in [0.5, 0.6) is 0 Å². The minimum absolute atomic E-state index is 0.149. The van der Waals surface area contributed by atoms with Crippen LogP contribution in [0.25, 0.3) is 0 Å². The van der Waals surface area contributed by atoms with Crippen LogP contribution < -0.4 is 0 Å². The van der Waals surface area contributed by atoms with E-state index in [9.17, 15) is 13.2 Å². The lowest BCUT2D eigenvalue weighted by Gasteiger charge is -2.11. The molecular weight excluding hydrogens is 293 g/mol. The van der Waals surface area contributed by atoms with Crippen LogP contribution in [0.15, 0.2) is 42.5 Å². The van der Waals surface area contributed by atoms with E-state index in [1.165, 1.54) is 18.2 Å². The van der Waals surface area contributed by atoms with Gasteiger partial charge in [-0.3, -0.25) is 0 Å². The van der Waals surface area contributed by atoms with Crippen molar-refractivity contribution in [1.82, 2.24) is 0 Å². The van der Waals surface area contributed by atoms with E-state index in [1.807, 2.05) is 0 Å². The van der Waals surface area contributed by atoms with Crippen molar-refractivity contribution in [3.63, 3.8) is 0 Å². The van der Waals surface area contributed by atoms with Gasteiger partial charge in [-0.2, -0.15) is 0 Å². The first-order valence-electron chi connectivity index (χ1n) is 4.92. The fourth-order valence-corrected chi connectivity index (χ4v) is 2.19. The van der Waals surface area contributed by atoms with Gasteiger partial charge in [-0.15, -0.1) is 0 Å². The van der Waals surface area contributed by atoms with Gasteiger partial charge in [0, 0.05) is 5.56 Å². The Kier molecular flexibility index (Phi) is 3.52.